The Balaban J connectivity index is 3.39. The van der Waals surface area contributed by atoms with Gasteiger partial charge in [-0.3, -0.25) is 4.79 Å². The fraction of sp³-hybridized carbons (Fsp3) is 0.722. The summed E-state index contributed by atoms with van der Waals surface area (Å²) in [6.45, 7) is 33.0. The number of rotatable bonds is 17. The van der Waals surface area contributed by atoms with Gasteiger partial charge in [0.05, 0.1) is 25.9 Å². The number of Topliss-reactive ketones (excluding diaryl/α,β-unsaturated/α-hetero) is 1. The molecule has 1 aromatic carbocycles. The van der Waals surface area contributed by atoms with E-state index < -0.39 is 34.1 Å². The SMILES string of the molecule is COc1ccc(COCC[C@H](O[Si](C)(C)C(C)(C)C)C(C)(C)C(=O)[C@@H](C)[C@H](O[Si](C)(C)C(C)(C)C)/C(C)=C/[C@H](C)C=O)cc1. The molecule has 0 aromatic heterocycles. The topological polar surface area (TPSA) is 71.1 Å². The summed E-state index contributed by atoms with van der Waals surface area (Å²) in [6, 6.07) is 7.86. The highest BCUT2D eigenvalue weighted by atomic mass is 28.4. The molecule has 252 valence electrons. The Morgan fingerprint density at radius 1 is 0.864 bits per heavy atom. The first-order chi connectivity index (χ1) is 19.9. The summed E-state index contributed by atoms with van der Waals surface area (Å²) in [4.78, 5) is 26.2. The molecule has 0 aliphatic carbocycles. The molecule has 0 unspecified atom stereocenters. The molecule has 0 aliphatic heterocycles. The smallest absolute Gasteiger partial charge is 0.192 e. The second kappa shape index (κ2) is 15.8. The van der Waals surface area contributed by atoms with Gasteiger partial charge in [0.25, 0.3) is 0 Å². The van der Waals surface area contributed by atoms with Gasteiger partial charge in [0.15, 0.2) is 16.6 Å². The molecular weight excluding hydrogens is 585 g/mol. The number of ketones is 1. The zero-order valence-electron chi connectivity index (χ0n) is 30.8. The molecule has 8 heteroatoms. The minimum Gasteiger partial charge on any atom is -0.497 e. The molecule has 0 amide bonds. The molecule has 6 nitrogen and oxygen atoms in total. The molecule has 0 aliphatic rings. The maximum absolute atomic E-state index is 14.6. The normalized spacial score (nSPS) is 16.7. The van der Waals surface area contributed by atoms with Gasteiger partial charge in [-0.1, -0.05) is 87.4 Å². The van der Waals surface area contributed by atoms with Gasteiger partial charge < -0.3 is 23.1 Å². The van der Waals surface area contributed by atoms with Crippen molar-refractivity contribution in [3.8, 4) is 5.75 Å². The quantitative estimate of drug-likeness (QED) is 0.0725. The summed E-state index contributed by atoms with van der Waals surface area (Å²) in [5.74, 6) is 0.229. The van der Waals surface area contributed by atoms with Crippen molar-refractivity contribution < 1.29 is 27.9 Å². The molecule has 0 heterocycles. The third kappa shape index (κ3) is 11.0. The lowest BCUT2D eigenvalue weighted by Crippen LogP contribution is -2.53. The Kier molecular flexibility index (Phi) is 14.5. The van der Waals surface area contributed by atoms with E-state index in [-0.39, 0.29) is 27.9 Å². The highest BCUT2D eigenvalue weighted by molar-refractivity contribution is 6.74. The van der Waals surface area contributed by atoms with E-state index in [0.717, 1.165) is 23.2 Å². The summed E-state index contributed by atoms with van der Waals surface area (Å²) >= 11 is 0. The molecule has 0 saturated heterocycles. The number of hydrogen-bond donors (Lipinski definition) is 0. The lowest BCUT2D eigenvalue weighted by molar-refractivity contribution is -0.139. The van der Waals surface area contributed by atoms with Crippen LogP contribution in [0.1, 0.15) is 88.1 Å². The van der Waals surface area contributed by atoms with Crippen LogP contribution >= 0.6 is 0 Å². The van der Waals surface area contributed by atoms with Gasteiger partial charge in [0, 0.05) is 23.9 Å². The van der Waals surface area contributed by atoms with Crippen molar-refractivity contribution in [2.75, 3.05) is 13.7 Å². The first-order valence-corrected chi connectivity index (χ1v) is 22.0. The monoisotopic (exact) mass is 648 g/mol. The maximum atomic E-state index is 14.6. The van der Waals surface area contributed by atoms with Gasteiger partial charge >= 0.3 is 0 Å². The van der Waals surface area contributed by atoms with Crippen molar-refractivity contribution in [1.82, 2.24) is 0 Å². The zero-order chi connectivity index (χ0) is 34.3. The third-order valence-electron chi connectivity index (χ3n) is 9.92. The van der Waals surface area contributed by atoms with Crippen molar-refractivity contribution >= 4 is 28.7 Å². The minimum atomic E-state index is -2.25. The molecule has 4 atom stereocenters. The molecule has 0 bridgehead atoms. The van der Waals surface area contributed by atoms with Gasteiger partial charge in [0.1, 0.15) is 17.8 Å². The molecule has 0 spiro atoms. The summed E-state index contributed by atoms with van der Waals surface area (Å²) < 4.78 is 25.4. The van der Waals surface area contributed by atoms with Gasteiger partial charge in [-0.15, -0.1) is 0 Å². The van der Waals surface area contributed by atoms with E-state index >= 15 is 0 Å². The lowest BCUT2D eigenvalue weighted by Gasteiger charge is -2.46. The first-order valence-electron chi connectivity index (χ1n) is 16.2. The Hall–Kier alpha value is -1.59. The zero-order valence-corrected chi connectivity index (χ0v) is 32.8. The molecular formula is C36H64O6Si2. The van der Waals surface area contributed by atoms with E-state index in [2.05, 4.69) is 67.7 Å². The van der Waals surface area contributed by atoms with Gasteiger partial charge in [0.2, 0.25) is 0 Å². The largest absolute Gasteiger partial charge is 0.497 e. The Morgan fingerprint density at radius 2 is 1.36 bits per heavy atom. The number of benzene rings is 1. The number of ether oxygens (including phenoxy) is 2. The van der Waals surface area contributed by atoms with Crippen molar-refractivity contribution in [2.45, 2.75) is 138 Å². The van der Waals surface area contributed by atoms with E-state index in [1.54, 1.807) is 7.11 Å². The second-order valence-electron chi connectivity index (χ2n) is 16.1. The molecule has 0 radical (unpaired) electrons. The summed E-state index contributed by atoms with van der Waals surface area (Å²) in [6.07, 6.45) is 2.71. The van der Waals surface area contributed by atoms with E-state index in [0.29, 0.717) is 19.6 Å². The average molecular weight is 649 g/mol. The predicted octanol–water partition coefficient (Wildman–Crippen LogP) is 9.40. The standard InChI is InChI=1S/C36H64O6Si2/c1-26(24-37)23-27(2)32(42-44(15,16)35(7,8)9)28(3)33(38)36(10,11)31(41-43(13,14)34(4,5)6)21-22-40-25-29-17-19-30(39-12)20-18-29/h17-20,23-24,26,28,31-32H,21-22,25H2,1-16H3/b27-23+/t26-,28-,31-,32+/m0/s1. The third-order valence-corrected chi connectivity index (χ3v) is 18.9. The fourth-order valence-electron chi connectivity index (χ4n) is 4.72. The molecule has 1 aromatic rings. The predicted molar refractivity (Wildman–Crippen MR) is 188 cm³/mol. The summed E-state index contributed by atoms with van der Waals surface area (Å²) in [5, 5.41) is -0.0481. The van der Waals surface area contributed by atoms with Crippen molar-refractivity contribution in [3.05, 3.63) is 41.5 Å². The summed E-state index contributed by atoms with van der Waals surface area (Å²) in [7, 11) is -2.82. The number of carbonyl (C=O) groups is 2. The highest BCUT2D eigenvalue weighted by Crippen LogP contribution is 2.43. The molecule has 0 saturated carbocycles. The van der Waals surface area contributed by atoms with Crippen molar-refractivity contribution in [2.24, 2.45) is 17.3 Å². The van der Waals surface area contributed by atoms with Crippen LogP contribution in [0.15, 0.2) is 35.9 Å². The van der Waals surface area contributed by atoms with Crippen LogP contribution in [-0.4, -0.2) is 54.6 Å². The Bertz CT molecular complexity index is 1090. The molecule has 0 fully saturated rings. The molecule has 44 heavy (non-hydrogen) atoms. The van der Waals surface area contributed by atoms with Crippen LogP contribution in [0.25, 0.3) is 0 Å². The molecule has 1 rings (SSSR count). The first kappa shape index (κ1) is 40.4. The van der Waals surface area contributed by atoms with E-state index in [9.17, 15) is 9.59 Å². The highest BCUT2D eigenvalue weighted by Gasteiger charge is 2.48. The van der Waals surface area contributed by atoms with Crippen LogP contribution in [0.4, 0.5) is 0 Å². The van der Waals surface area contributed by atoms with Crippen LogP contribution in [-0.2, 0) is 29.8 Å². The molecule has 0 N–H and O–H groups in total. The maximum Gasteiger partial charge on any atom is 0.192 e. The number of carbonyl (C=O) groups excluding carboxylic acids is 2. The van der Waals surface area contributed by atoms with E-state index in [4.69, 9.17) is 18.3 Å². The van der Waals surface area contributed by atoms with Gasteiger partial charge in [-0.05, 0) is 72.9 Å². The van der Waals surface area contributed by atoms with Crippen molar-refractivity contribution in [3.63, 3.8) is 0 Å². The van der Waals surface area contributed by atoms with Crippen LogP contribution in [0, 0.1) is 17.3 Å². The number of methoxy groups -OCH3 is 1. The Labute approximate surface area is 271 Å². The number of allylic oxidation sites excluding steroid dienone is 1. The minimum absolute atomic E-state index is 0.0157. The average Bonchev–Trinajstić information content (AvgIpc) is 2.91. The van der Waals surface area contributed by atoms with E-state index in [1.165, 1.54) is 0 Å². The second-order valence-corrected chi connectivity index (χ2v) is 25.6. The van der Waals surface area contributed by atoms with Crippen LogP contribution in [0.2, 0.25) is 36.3 Å². The Morgan fingerprint density at radius 3 is 1.82 bits per heavy atom. The number of aldehydes is 1. The van der Waals surface area contributed by atoms with Crippen LogP contribution in [0.3, 0.4) is 0 Å². The van der Waals surface area contributed by atoms with Crippen LogP contribution < -0.4 is 4.74 Å². The van der Waals surface area contributed by atoms with E-state index in [1.807, 2.05) is 65.0 Å². The summed E-state index contributed by atoms with van der Waals surface area (Å²) in [5.41, 5.74) is 1.19. The fourth-order valence-corrected chi connectivity index (χ4v) is 7.57. The van der Waals surface area contributed by atoms with Crippen molar-refractivity contribution in [1.29, 1.82) is 0 Å². The lowest BCUT2D eigenvalue weighted by atomic mass is 9.74. The van der Waals surface area contributed by atoms with Gasteiger partial charge in [-0.2, -0.15) is 0 Å². The van der Waals surface area contributed by atoms with Gasteiger partial charge in [-0.25, -0.2) is 0 Å². The van der Waals surface area contributed by atoms with Crippen LogP contribution in [0.5, 0.6) is 5.75 Å². The number of hydrogen-bond acceptors (Lipinski definition) is 6.